The Bertz CT molecular complexity index is 200. The summed E-state index contributed by atoms with van der Waals surface area (Å²) in [4.78, 5) is 13.5. The Morgan fingerprint density at radius 1 is 1.27 bits per heavy atom. The molecule has 4 nitrogen and oxygen atoms in total. The zero-order chi connectivity index (χ0) is 12.1. The van der Waals surface area contributed by atoms with E-state index in [0.29, 0.717) is 19.0 Å². The summed E-state index contributed by atoms with van der Waals surface area (Å²) in [5, 5.41) is 5.69. The molecule has 0 aliphatic heterocycles. The lowest BCUT2D eigenvalue weighted by Crippen LogP contribution is -2.50. The number of rotatable bonds is 5. The Balaban J connectivity index is 3.80. The fourth-order valence-electron chi connectivity index (χ4n) is 0.814. The van der Waals surface area contributed by atoms with Gasteiger partial charge in [-0.15, -0.1) is 0 Å². The van der Waals surface area contributed by atoms with Gasteiger partial charge >= 0.3 is 6.03 Å². The van der Waals surface area contributed by atoms with Crippen LogP contribution in [0.4, 0.5) is 4.79 Å². The first-order valence-corrected chi connectivity index (χ1v) is 5.45. The summed E-state index contributed by atoms with van der Waals surface area (Å²) >= 11 is 0. The van der Waals surface area contributed by atoms with Crippen molar-refractivity contribution in [3.63, 3.8) is 0 Å². The number of urea groups is 1. The average Bonchev–Trinajstić information content (AvgIpc) is 2.11. The van der Waals surface area contributed by atoms with Crippen molar-refractivity contribution in [3.05, 3.63) is 0 Å². The molecule has 0 heterocycles. The van der Waals surface area contributed by atoms with E-state index in [1.165, 1.54) is 0 Å². The highest BCUT2D eigenvalue weighted by atomic mass is 16.2. The van der Waals surface area contributed by atoms with E-state index >= 15 is 0 Å². The third-order valence-corrected chi connectivity index (χ3v) is 2.56. The van der Waals surface area contributed by atoms with Crippen LogP contribution < -0.4 is 10.6 Å². The molecule has 90 valence electrons. The van der Waals surface area contributed by atoms with Crippen LogP contribution in [-0.2, 0) is 0 Å². The third kappa shape index (κ3) is 6.33. The van der Waals surface area contributed by atoms with Crippen molar-refractivity contribution < 1.29 is 4.79 Å². The summed E-state index contributed by atoms with van der Waals surface area (Å²) in [6.45, 7) is 9.69. The molecule has 0 aliphatic carbocycles. The van der Waals surface area contributed by atoms with Crippen molar-refractivity contribution in [3.8, 4) is 0 Å². The second-order valence-electron chi connectivity index (χ2n) is 5.16. The zero-order valence-electron chi connectivity index (χ0n) is 10.8. The fraction of sp³-hybridized carbons (Fsp3) is 0.909. The minimum atomic E-state index is -0.0846. The smallest absolute Gasteiger partial charge is 0.314 e. The van der Waals surface area contributed by atoms with Crippen LogP contribution in [-0.4, -0.2) is 43.7 Å². The Labute approximate surface area is 93.4 Å². The van der Waals surface area contributed by atoms with Crippen LogP contribution in [0.25, 0.3) is 0 Å². The van der Waals surface area contributed by atoms with Crippen molar-refractivity contribution in [1.82, 2.24) is 15.5 Å². The normalized spacial score (nSPS) is 12.0. The summed E-state index contributed by atoms with van der Waals surface area (Å²) < 4.78 is 0. The molecule has 0 rings (SSSR count). The van der Waals surface area contributed by atoms with Gasteiger partial charge in [-0.25, -0.2) is 4.79 Å². The molecule has 0 aliphatic rings. The number of amides is 2. The Kier molecular flexibility index (Phi) is 5.65. The highest BCUT2D eigenvalue weighted by Crippen LogP contribution is 2.07. The summed E-state index contributed by atoms with van der Waals surface area (Å²) in [6, 6.07) is -0.0846. The van der Waals surface area contributed by atoms with Gasteiger partial charge in [0.25, 0.3) is 0 Å². The first-order valence-electron chi connectivity index (χ1n) is 5.45. The molecule has 4 heteroatoms. The van der Waals surface area contributed by atoms with Crippen molar-refractivity contribution >= 4 is 6.03 Å². The number of carbonyl (C=O) groups excluding carboxylic acids is 1. The molecule has 0 fully saturated rings. The minimum absolute atomic E-state index is 0.0187. The van der Waals surface area contributed by atoms with Gasteiger partial charge in [0.05, 0.1) is 0 Å². The molecule has 0 aromatic heterocycles. The van der Waals surface area contributed by atoms with E-state index < -0.39 is 0 Å². The van der Waals surface area contributed by atoms with Crippen molar-refractivity contribution in [2.24, 2.45) is 5.92 Å². The van der Waals surface area contributed by atoms with E-state index in [2.05, 4.69) is 43.2 Å². The fourth-order valence-corrected chi connectivity index (χ4v) is 0.814. The van der Waals surface area contributed by atoms with E-state index in [-0.39, 0.29) is 11.6 Å². The van der Waals surface area contributed by atoms with Crippen molar-refractivity contribution in [2.75, 3.05) is 27.2 Å². The zero-order valence-corrected chi connectivity index (χ0v) is 10.8. The molecule has 0 spiro atoms. The highest BCUT2D eigenvalue weighted by Gasteiger charge is 2.20. The topological polar surface area (TPSA) is 44.4 Å². The second kappa shape index (κ2) is 5.95. The van der Waals surface area contributed by atoms with Crippen LogP contribution >= 0.6 is 0 Å². The van der Waals surface area contributed by atoms with E-state index in [9.17, 15) is 4.79 Å². The largest absolute Gasteiger partial charge is 0.338 e. The standard InChI is InChI=1S/C11H25N3O/c1-9(2)7-12-10(15)13-8-11(3,4)14(5)6/h9H,7-8H2,1-6H3,(H2,12,13,15). The van der Waals surface area contributed by atoms with E-state index in [4.69, 9.17) is 0 Å². The van der Waals surface area contributed by atoms with Gasteiger partial charge < -0.3 is 15.5 Å². The summed E-state index contributed by atoms with van der Waals surface area (Å²) in [6.07, 6.45) is 0. The highest BCUT2D eigenvalue weighted by molar-refractivity contribution is 5.73. The predicted molar refractivity (Wildman–Crippen MR) is 64.0 cm³/mol. The van der Waals surface area contributed by atoms with E-state index in [1.54, 1.807) is 0 Å². The van der Waals surface area contributed by atoms with Gasteiger partial charge in [0.2, 0.25) is 0 Å². The number of nitrogens with one attached hydrogen (secondary N) is 2. The van der Waals surface area contributed by atoms with Gasteiger partial charge in [-0.1, -0.05) is 13.8 Å². The minimum Gasteiger partial charge on any atom is -0.338 e. The van der Waals surface area contributed by atoms with E-state index in [0.717, 1.165) is 0 Å². The van der Waals surface area contributed by atoms with Crippen LogP contribution in [0.1, 0.15) is 27.7 Å². The number of likely N-dealkylation sites (N-methyl/N-ethyl adjacent to an activating group) is 1. The molecule has 0 bridgehead atoms. The first kappa shape index (κ1) is 14.2. The maximum Gasteiger partial charge on any atom is 0.314 e. The van der Waals surface area contributed by atoms with Gasteiger partial charge in [0, 0.05) is 18.6 Å². The maximum atomic E-state index is 11.4. The van der Waals surface area contributed by atoms with Crippen LogP contribution in [0, 0.1) is 5.92 Å². The molecular formula is C11H25N3O. The molecule has 0 saturated carbocycles. The van der Waals surface area contributed by atoms with Crippen molar-refractivity contribution in [2.45, 2.75) is 33.2 Å². The van der Waals surface area contributed by atoms with Gasteiger partial charge in [-0.3, -0.25) is 0 Å². The monoisotopic (exact) mass is 215 g/mol. The third-order valence-electron chi connectivity index (χ3n) is 2.56. The molecule has 2 N–H and O–H groups in total. The maximum absolute atomic E-state index is 11.4. The lowest BCUT2D eigenvalue weighted by Gasteiger charge is -2.32. The van der Waals surface area contributed by atoms with Gasteiger partial charge in [0.15, 0.2) is 0 Å². The first-order chi connectivity index (χ1) is 6.75. The second-order valence-corrected chi connectivity index (χ2v) is 5.16. The summed E-state index contributed by atoms with van der Waals surface area (Å²) in [5.74, 6) is 0.484. The number of hydrogen-bond acceptors (Lipinski definition) is 2. The molecule has 0 aromatic rings. The summed E-state index contributed by atoms with van der Waals surface area (Å²) in [7, 11) is 4.02. The Hall–Kier alpha value is -0.770. The van der Waals surface area contributed by atoms with Crippen molar-refractivity contribution in [1.29, 1.82) is 0 Å². The molecule has 0 unspecified atom stereocenters. The average molecular weight is 215 g/mol. The van der Waals surface area contributed by atoms with Gasteiger partial charge in [0.1, 0.15) is 0 Å². The molecule has 0 aromatic carbocycles. The quantitative estimate of drug-likeness (QED) is 0.725. The Morgan fingerprint density at radius 2 is 1.80 bits per heavy atom. The van der Waals surface area contributed by atoms with Gasteiger partial charge in [-0.05, 0) is 33.9 Å². The van der Waals surface area contributed by atoms with Crippen LogP contribution in [0.2, 0.25) is 0 Å². The molecular weight excluding hydrogens is 190 g/mol. The van der Waals surface area contributed by atoms with Crippen LogP contribution in [0.15, 0.2) is 0 Å². The molecule has 0 saturated heterocycles. The lowest BCUT2D eigenvalue weighted by atomic mass is 10.1. The van der Waals surface area contributed by atoms with Crippen LogP contribution in [0.3, 0.4) is 0 Å². The molecule has 0 radical (unpaired) electrons. The number of hydrogen-bond donors (Lipinski definition) is 2. The predicted octanol–water partition coefficient (Wildman–Crippen LogP) is 1.28. The molecule has 15 heavy (non-hydrogen) atoms. The molecule has 2 amide bonds. The van der Waals surface area contributed by atoms with E-state index in [1.807, 2.05) is 14.1 Å². The molecule has 0 atom stereocenters. The number of nitrogens with zero attached hydrogens (tertiary/aromatic N) is 1. The SMILES string of the molecule is CC(C)CNC(=O)NCC(C)(C)N(C)C. The summed E-state index contributed by atoms with van der Waals surface area (Å²) in [5.41, 5.74) is -0.0187. The Morgan fingerprint density at radius 3 is 2.20 bits per heavy atom. The van der Waals surface area contributed by atoms with Gasteiger partial charge in [-0.2, -0.15) is 0 Å². The van der Waals surface area contributed by atoms with Crippen LogP contribution in [0.5, 0.6) is 0 Å². The lowest BCUT2D eigenvalue weighted by molar-refractivity contribution is 0.186. The number of carbonyl (C=O) groups is 1.